The lowest BCUT2D eigenvalue weighted by Crippen LogP contribution is -2.41. The number of rotatable bonds is 4. The van der Waals surface area contributed by atoms with E-state index in [0.29, 0.717) is 24.0 Å². The minimum atomic E-state index is -3.71. The number of nitrogens with zero attached hydrogens (tertiary/aromatic N) is 2. The smallest absolute Gasteiger partial charge is 0.245 e. The van der Waals surface area contributed by atoms with Gasteiger partial charge in [0.15, 0.2) is 0 Å². The Hall–Kier alpha value is -2.84. The molecule has 1 aromatic heterocycles. The van der Waals surface area contributed by atoms with Crippen molar-refractivity contribution in [3.05, 3.63) is 66.6 Å². The summed E-state index contributed by atoms with van der Waals surface area (Å²) in [5.41, 5.74) is 0.841. The zero-order valence-electron chi connectivity index (χ0n) is 15.6. The van der Waals surface area contributed by atoms with Gasteiger partial charge >= 0.3 is 0 Å². The number of nitrogens with one attached hydrogen (secondary N) is 1. The lowest BCUT2D eigenvalue weighted by Gasteiger charge is -2.30. The summed E-state index contributed by atoms with van der Waals surface area (Å²) in [6.07, 6.45) is 2.38. The van der Waals surface area contributed by atoms with E-state index in [9.17, 15) is 17.6 Å². The average molecular weight is 413 g/mol. The molecule has 3 aromatic rings. The highest BCUT2D eigenvalue weighted by atomic mass is 32.2. The first-order chi connectivity index (χ1) is 13.9. The quantitative estimate of drug-likeness (QED) is 0.711. The number of carbonyl (C=O) groups excluding carboxylic acids is 1. The maximum Gasteiger partial charge on any atom is 0.245 e. The van der Waals surface area contributed by atoms with E-state index in [-0.39, 0.29) is 29.8 Å². The van der Waals surface area contributed by atoms with Crippen LogP contribution in [0.4, 0.5) is 10.1 Å². The van der Waals surface area contributed by atoms with E-state index in [1.807, 2.05) is 12.1 Å². The zero-order chi connectivity index (χ0) is 20.4. The van der Waals surface area contributed by atoms with Gasteiger partial charge in [-0.05, 0) is 43.2 Å². The Kier molecular flexibility index (Phi) is 5.29. The number of piperidine rings is 1. The van der Waals surface area contributed by atoms with Gasteiger partial charge in [-0.1, -0.05) is 24.3 Å². The number of aromatic nitrogens is 1. The Labute approximate surface area is 168 Å². The van der Waals surface area contributed by atoms with Crippen molar-refractivity contribution in [2.75, 3.05) is 18.4 Å². The van der Waals surface area contributed by atoms with Gasteiger partial charge in [0.25, 0.3) is 0 Å². The molecule has 0 spiro atoms. The van der Waals surface area contributed by atoms with Crippen molar-refractivity contribution in [3.8, 4) is 0 Å². The second-order valence-corrected chi connectivity index (χ2v) is 8.92. The third kappa shape index (κ3) is 3.99. The molecule has 1 fully saturated rings. The predicted molar refractivity (Wildman–Crippen MR) is 108 cm³/mol. The van der Waals surface area contributed by atoms with Crippen LogP contribution in [0.3, 0.4) is 0 Å². The minimum Gasteiger partial charge on any atom is -0.326 e. The Bertz CT molecular complexity index is 1150. The molecule has 150 valence electrons. The third-order valence-electron chi connectivity index (χ3n) is 5.13. The van der Waals surface area contributed by atoms with Crippen LogP contribution in [0, 0.1) is 11.7 Å². The van der Waals surface area contributed by atoms with Crippen molar-refractivity contribution in [1.82, 2.24) is 9.29 Å². The van der Waals surface area contributed by atoms with E-state index >= 15 is 0 Å². The summed E-state index contributed by atoms with van der Waals surface area (Å²) >= 11 is 0. The molecule has 2 aromatic carbocycles. The molecule has 1 aliphatic heterocycles. The van der Waals surface area contributed by atoms with Crippen LogP contribution in [-0.4, -0.2) is 36.7 Å². The number of hydrogen-bond donors (Lipinski definition) is 1. The van der Waals surface area contributed by atoms with E-state index in [1.54, 1.807) is 30.5 Å². The number of carbonyl (C=O) groups is 1. The van der Waals surface area contributed by atoms with Crippen molar-refractivity contribution < 1.29 is 17.6 Å². The molecule has 0 aliphatic carbocycles. The SMILES string of the molecule is O=C(Nc1cccc(F)c1)C1CCN(S(=O)(=O)c2cccc3cccnc23)CC1. The third-order valence-corrected chi connectivity index (χ3v) is 7.06. The first kappa shape index (κ1) is 19.5. The molecule has 1 saturated heterocycles. The fourth-order valence-corrected chi connectivity index (χ4v) is 5.23. The first-order valence-corrected chi connectivity index (χ1v) is 10.8. The standard InChI is InChI=1S/C21H20FN3O3S/c22-17-6-2-7-18(14-17)24-21(26)16-9-12-25(13-10-16)29(27,28)19-8-1-4-15-5-3-11-23-20(15)19/h1-8,11,14,16H,9-10,12-13H2,(H,24,26). The van der Waals surface area contributed by atoms with Gasteiger partial charge in [-0.2, -0.15) is 4.31 Å². The van der Waals surface area contributed by atoms with E-state index in [2.05, 4.69) is 10.3 Å². The Morgan fingerprint density at radius 2 is 1.79 bits per heavy atom. The Morgan fingerprint density at radius 3 is 2.55 bits per heavy atom. The monoisotopic (exact) mass is 413 g/mol. The molecule has 1 amide bonds. The molecule has 0 atom stereocenters. The molecule has 6 nitrogen and oxygen atoms in total. The number of sulfonamides is 1. The van der Waals surface area contributed by atoms with Crippen LogP contribution >= 0.6 is 0 Å². The zero-order valence-corrected chi connectivity index (χ0v) is 16.4. The summed E-state index contributed by atoms with van der Waals surface area (Å²) in [6.45, 7) is 0.486. The normalized spacial score (nSPS) is 16.0. The number of anilines is 1. The fraction of sp³-hybridized carbons (Fsp3) is 0.238. The van der Waals surface area contributed by atoms with Gasteiger partial charge in [0.2, 0.25) is 15.9 Å². The van der Waals surface area contributed by atoms with Crippen LogP contribution in [0.5, 0.6) is 0 Å². The summed E-state index contributed by atoms with van der Waals surface area (Å²) in [5.74, 6) is -0.970. The molecule has 4 rings (SSSR count). The highest BCUT2D eigenvalue weighted by Crippen LogP contribution is 2.28. The van der Waals surface area contributed by atoms with Gasteiger partial charge in [0.1, 0.15) is 10.7 Å². The van der Waals surface area contributed by atoms with Crippen LogP contribution in [0.15, 0.2) is 65.7 Å². The van der Waals surface area contributed by atoms with E-state index < -0.39 is 15.8 Å². The topological polar surface area (TPSA) is 79.4 Å². The number of fused-ring (bicyclic) bond motifs is 1. The Balaban J connectivity index is 1.46. The van der Waals surface area contributed by atoms with Crippen LogP contribution < -0.4 is 5.32 Å². The number of amides is 1. The summed E-state index contributed by atoms with van der Waals surface area (Å²) < 4.78 is 41.0. The number of halogens is 1. The van der Waals surface area contributed by atoms with Crippen molar-refractivity contribution in [1.29, 1.82) is 0 Å². The lowest BCUT2D eigenvalue weighted by atomic mass is 9.97. The van der Waals surface area contributed by atoms with Crippen LogP contribution in [0.1, 0.15) is 12.8 Å². The molecular formula is C21H20FN3O3S. The second-order valence-electron chi connectivity index (χ2n) is 7.01. The predicted octanol–water partition coefficient (Wildman–Crippen LogP) is 3.41. The summed E-state index contributed by atoms with van der Waals surface area (Å²) in [4.78, 5) is 16.9. The van der Waals surface area contributed by atoms with Crippen LogP contribution in [0.2, 0.25) is 0 Å². The van der Waals surface area contributed by atoms with Crippen molar-refractivity contribution in [2.24, 2.45) is 5.92 Å². The highest BCUT2D eigenvalue weighted by Gasteiger charge is 2.33. The van der Waals surface area contributed by atoms with E-state index in [0.717, 1.165) is 5.39 Å². The second kappa shape index (κ2) is 7.88. The van der Waals surface area contributed by atoms with Crippen molar-refractivity contribution in [3.63, 3.8) is 0 Å². The molecule has 0 bridgehead atoms. The largest absolute Gasteiger partial charge is 0.326 e. The van der Waals surface area contributed by atoms with Gasteiger partial charge in [0.05, 0.1) is 5.52 Å². The number of para-hydroxylation sites is 1. The number of benzene rings is 2. The van der Waals surface area contributed by atoms with Gasteiger partial charge in [-0.3, -0.25) is 9.78 Å². The lowest BCUT2D eigenvalue weighted by molar-refractivity contribution is -0.120. The van der Waals surface area contributed by atoms with Gasteiger partial charge in [0, 0.05) is 36.3 Å². The maximum absolute atomic E-state index is 13.3. The summed E-state index contributed by atoms with van der Waals surface area (Å²) in [6, 6.07) is 14.4. The molecule has 0 radical (unpaired) electrons. The minimum absolute atomic E-state index is 0.179. The van der Waals surface area contributed by atoms with E-state index in [1.165, 1.54) is 22.5 Å². The molecule has 1 N–H and O–H groups in total. The Morgan fingerprint density at radius 1 is 1.07 bits per heavy atom. The van der Waals surface area contributed by atoms with Gasteiger partial charge < -0.3 is 5.32 Å². The van der Waals surface area contributed by atoms with Crippen molar-refractivity contribution >= 4 is 32.5 Å². The number of hydrogen-bond acceptors (Lipinski definition) is 4. The van der Waals surface area contributed by atoms with E-state index in [4.69, 9.17) is 0 Å². The average Bonchev–Trinajstić information content (AvgIpc) is 2.73. The van der Waals surface area contributed by atoms with Gasteiger partial charge in [-0.25, -0.2) is 12.8 Å². The summed E-state index contributed by atoms with van der Waals surface area (Å²) in [5, 5.41) is 3.47. The maximum atomic E-state index is 13.3. The first-order valence-electron chi connectivity index (χ1n) is 9.35. The molecule has 8 heteroatoms. The molecule has 0 unspecified atom stereocenters. The molecule has 29 heavy (non-hydrogen) atoms. The van der Waals surface area contributed by atoms with Crippen LogP contribution in [-0.2, 0) is 14.8 Å². The fourth-order valence-electron chi connectivity index (χ4n) is 3.59. The molecule has 2 heterocycles. The highest BCUT2D eigenvalue weighted by molar-refractivity contribution is 7.89. The summed E-state index contributed by atoms with van der Waals surface area (Å²) in [7, 11) is -3.71. The van der Waals surface area contributed by atoms with Gasteiger partial charge in [-0.15, -0.1) is 0 Å². The van der Waals surface area contributed by atoms with Crippen LogP contribution in [0.25, 0.3) is 10.9 Å². The molecule has 1 aliphatic rings. The number of pyridine rings is 1. The molecule has 0 saturated carbocycles. The van der Waals surface area contributed by atoms with Crippen molar-refractivity contribution in [2.45, 2.75) is 17.7 Å². The molecular weight excluding hydrogens is 393 g/mol.